The van der Waals surface area contributed by atoms with Crippen molar-refractivity contribution in [3.05, 3.63) is 11.6 Å². The standard InChI is InChI=1S/C10H16O2/c1-3-9(10(11)12-2)8-6-4-5-7-8/h3,8H,4-7H2,1-2H3. The number of hydrogen-bond donors (Lipinski definition) is 0. The highest BCUT2D eigenvalue weighted by atomic mass is 16.5. The lowest BCUT2D eigenvalue weighted by molar-refractivity contribution is -0.136. The molecule has 68 valence electrons. The summed E-state index contributed by atoms with van der Waals surface area (Å²) in [6.45, 7) is 1.91. The molecule has 0 aromatic rings. The summed E-state index contributed by atoms with van der Waals surface area (Å²) in [6.07, 6.45) is 6.68. The molecule has 0 N–H and O–H groups in total. The van der Waals surface area contributed by atoms with E-state index in [0.717, 1.165) is 18.4 Å². The van der Waals surface area contributed by atoms with E-state index in [9.17, 15) is 4.79 Å². The normalized spacial score (nSPS) is 19.7. The second-order valence-electron chi connectivity index (χ2n) is 3.22. The monoisotopic (exact) mass is 168 g/mol. The molecule has 0 bridgehead atoms. The van der Waals surface area contributed by atoms with Crippen molar-refractivity contribution in [1.82, 2.24) is 0 Å². The summed E-state index contributed by atoms with van der Waals surface area (Å²) in [5.41, 5.74) is 0.870. The number of carbonyl (C=O) groups excluding carboxylic acids is 1. The van der Waals surface area contributed by atoms with Gasteiger partial charge in [-0.1, -0.05) is 18.9 Å². The number of ether oxygens (including phenoxy) is 1. The zero-order valence-electron chi connectivity index (χ0n) is 7.80. The van der Waals surface area contributed by atoms with Gasteiger partial charge in [-0.05, 0) is 25.7 Å². The van der Waals surface area contributed by atoms with Crippen molar-refractivity contribution >= 4 is 5.97 Å². The van der Waals surface area contributed by atoms with E-state index in [4.69, 9.17) is 4.74 Å². The fraction of sp³-hybridized carbons (Fsp3) is 0.700. The first kappa shape index (κ1) is 9.30. The van der Waals surface area contributed by atoms with Gasteiger partial charge >= 0.3 is 5.97 Å². The second-order valence-corrected chi connectivity index (χ2v) is 3.22. The van der Waals surface area contributed by atoms with Gasteiger partial charge in [-0.15, -0.1) is 0 Å². The molecule has 2 nitrogen and oxygen atoms in total. The molecule has 0 heterocycles. The van der Waals surface area contributed by atoms with Gasteiger partial charge < -0.3 is 4.74 Å². The van der Waals surface area contributed by atoms with Gasteiger partial charge in [-0.25, -0.2) is 4.79 Å². The Morgan fingerprint density at radius 1 is 1.42 bits per heavy atom. The summed E-state index contributed by atoms with van der Waals surface area (Å²) in [7, 11) is 1.45. The highest BCUT2D eigenvalue weighted by molar-refractivity contribution is 5.88. The Balaban J connectivity index is 2.61. The Hall–Kier alpha value is -0.790. The molecule has 0 radical (unpaired) electrons. The molecule has 0 amide bonds. The fourth-order valence-corrected chi connectivity index (χ4v) is 1.87. The Kier molecular flexibility index (Phi) is 3.32. The van der Waals surface area contributed by atoms with Gasteiger partial charge in [0.25, 0.3) is 0 Å². The van der Waals surface area contributed by atoms with Crippen molar-refractivity contribution in [2.24, 2.45) is 5.92 Å². The molecule has 0 unspecified atom stereocenters. The molecule has 0 saturated heterocycles. The quantitative estimate of drug-likeness (QED) is 0.467. The van der Waals surface area contributed by atoms with Crippen LogP contribution in [0.2, 0.25) is 0 Å². The van der Waals surface area contributed by atoms with Gasteiger partial charge in [0.05, 0.1) is 7.11 Å². The van der Waals surface area contributed by atoms with Crippen molar-refractivity contribution < 1.29 is 9.53 Å². The van der Waals surface area contributed by atoms with Gasteiger partial charge in [0, 0.05) is 5.57 Å². The molecule has 1 rings (SSSR count). The van der Waals surface area contributed by atoms with E-state index in [1.165, 1.54) is 20.0 Å². The molecular weight excluding hydrogens is 152 g/mol. The molecule has 0 aromatic heterocycles. The van der Waals surface area contributed by atoms with Crippen molar-refractivity contribution in [3.63, 3.8) is 0 Å². The third-order valence-electron chi connectivity index (χ3n) is 2.53. The number of hydrogen-bond acceptors (Lipinski definition) is 2. The van der Waals surface area contributed by atoms with Crippen LogP contribution >= 0.6 is 0 Å². The van der Waals surface area contributed by atoms with Crippen LogP contribution in [0.3, 0.4) is 0 Å². The van der Waals surface area contributed by atoms with Crippen LogP contribution in [0.25, 0.3) is 0 Å². The molecule has 0 spiro atoms. The van der Waals surface area contributed by atoms with Crippen LogP contribution in [0.4, 0.5) is 0 Å². The first-order valence-corrected chi connectivity index (χ1v) is 4.54. The van der Waals surface area contributed by atoms with Gasteiger partial charge in [-0.2, -0.15) is 0 Å². The molecule has 1 aliphatic rings. The maximum absolute atomic E-state index is 11.2. The molecule has 0 aliphatic heterocycles. The smallest absolute Gasteiger partial charge is 0.333 e. The summed E-state index contributed by atoms with van der Waals surface area (Å²) in [4.78, 5) is 11.2. The predicted octanol–water partition coefficient (Wildman–Crippen LogP) is 2.30. The lowest BCUT2D eigenvalue weighted by atomic mass is 9.97. The van der Waals surface area contributed by atoms with Crippen molar-refractivity contribution in [3.8, 4) is 0 Å². The van der Waals surface area contributed by atoms with E-state index in [2.05, 4.69) is 0 Å². The molecule has 2 heteroatoms. The maximum atomic E-state index is 11.2. The first-order valence-electron chi connectivity index (χ1n) is 4.54. The average molecular weight is 168 g/mol. The molecule has 1 aliphatic carbocycles. The predicted molar refractivity (Wildman–Crippen MR) is 47.7 cm³/mol. The van der Waals surface area contributed by atoms with Crippen molar-refractivity contribution in [1.29, 1.82) is 0 Å². The topological polar surface area (TPSA) is 26.3 Å². The zero-order valence-corrected chi connectivity index (χ0v) is 7.80. The van der Waals surface area contributed by atoms with Crippen LogP contribution < -0.4 is 0 Å². The Labute approximate surface area is 73.6 Å². The third kappa shape index (κ3) is 1.87. The largest absolute Gasteiger partial charge is 0.466 e. The summed E-state index contributed by atoms with van der Waals surface area (Å²) in [5, 5.41) is 0. The number of carbonyl (C=O) groups is 1. The van der Waals surface area contributed by atoms with E-state index in [0.29, 0.717) is 5.92 Å². The SMILES string of the molecule is CC=C(C(=O)OC)C1CCCC1. The van der Waals surface area contributed by atoms with E-state index < -0.39 is 0 Å². The second kappa shape index (κ2) is 4.29. The molecule has 0 aromatic carbocycles. The van der Waals surface area contributed by atoms with E-state index in [1.54, 1.807) is 0 Å². The van der Waals surface area contributed by atoms with E-state index in [1.807, 2.05) is 13.0 Å². The Morgan fingerprint density at radius 3 is 2.42 bits per heavy atom. The highest BCUT2D eigenvalue weighted by Crippen LogP contribution is 2.31. The number of rotatable bonds is 2. The fourth-order valence-electron chi connectivity index (χ4n) is 1.87. The lowest BCUT2D eigenvalue weighted by Crippen LogP contribution is -2.11. The van der Waals surface area contributed by atoms with Crippen LogP contribution in [0.15, 0.2) is 11.6 Å². The van der Waals surface area contributed by atoms with Crippen LogP contribution in [0.5, 0.6) is 0 Å². The van der Waals surface area contributed by atoms with E-state index in [-0.39, 0.29) is 5.97 Å². The molecule has 0 atom stereocenters. The zero-order chi connectivity index (χ0) is 8.97. The van der Waals surface area contributed by atoms with Crippen LogP contribution in [-0.4, -0.2) is 13.1 Å². The minimum absolute atomic E-state index is 0.149. The third-order valence-corrected chi connectivity index (χ3v) is 2.53. The van der Waals surface area contributed by atoms with Crippen LogP contribution in [0.1, 0.15) is 32.6 Å². The summed E-state index contributed by atoms with van der Waals surface area (Å²) < 4.78 is 4.71. The Bertz CT molecular complexity index is 188. The number of methoxy groups -OCH3 is 1. The number of esters is 1. The van der Waals surface area contributed by atoms with Crippen molar-refractivity contribution in [2.75, 3.05) is 7.11 Å². The van der Waals surface area contributed by atoms with Gasteiger partial charge in [0.2, 0.25) is 0 Å². The van der Waals surface area contributed by atoms with Gasteiger partial charge in [0.1, 0.15) is 0 Å². The first-order chi connectivity index (χ1) is 5.79. The van der Waals surface area contributed by atoms with E-state index >= 15 is 0 Å². The van der Waals surface area contributed by atoms with Crippen LogP contribution in [0, 0.1) is 5.92 Å². The minimum Gasteiger partial charge on any atom is -0.466 e. The van der Waals surface area contributed by atoms with Crippen LogP contribution in [-0.2, 0) is 9.53 Å². The highest BCUT2D eigenvalue weighted by Gasteiger charge is 2.23. The number of allylic oxidation sites excluding steroid dienone is 1. The summed E-state index contributed by atoms with van der Waals surface area (Å²) in [6, 6.07) is 0. The molecular formula is C10H16O2. The molecule has 12 heavy (non-hydrogen) atoms. The maximum Gasteiger partial charge on any atom is 0.333 e. The Morgan fingerprint density at radius 2 is 2.00 bits per heavy atom. The van der Waals surface area contributed by atoms with Crippen molar-refractivity contribution in [2.45, 2.75) is 32.6 Å². The lowest BCUT2D eigenvalue weighted by Gasteiger charge is -2.10. The van der Waals surface area contributed by atoms with Gasteiger partial charge in [0.15, 0.2) is 0 Å². The minimum atomic E-state index is -0.149. The molecule has 1 fully saturated rings. The summed E-state index contributed by atoms with van der Waals surface area (Å²) in [5.74, 6) is 0.312. The average Bonchev–Trinajstić information content (AvgIpc) is 2.58. The van der Waals surface area contributed by atoms with Gasteiger partial charge in [-0.3, -0.25) is 0 Å². The molecule has 1 saturated carbocycles. The summed E-state index contributed by atoms with van der Waals surface area (Å²) >= 11 is 0.